The zero-order valence-electron chi connectivity index (χ0n) is 14.9. The zero-order valence-corrected chi connectivity index (χ0v) is 14.9. The highest BCUT2D eigenvalue weighted by atomic mass is 19.1. The van der Waals surface area contributed by atoms with Crippen molar-refractivity contribution in [3.8, 4) is 11.5 Å². The number of carbonyl (C=O) groups excluding carboxylic acids is 1. The maximum absolute atomic E-state index is 14.2. The summed E-state index contributed by atoms with van der Waals surface area (Å²) in [6, 6.07) is 2.46. The van der Waals surface area contributed by atoms with E-state index in [0.717, 1.165) is 6.07 Å². The predicted octanol–water partition coefficient (Wildman–Crippen LogP) is 2.30. The van der Waals surface area contributed by atoms with Crippen molar-refractivity contribution >= 4 is 5.78 Å². The average molecular weight is 368 g/mol. The fourth-order valence-corrected chi connectivity index (χ4v) is 3.34. The number of benzene rings is 1. The van der Waals surface area contributed by atoms with E-state index in [2.05, 4.69) is 0 Å². The summed E-state index contributed by atoms with van der Waals surface area (Å²) in [7, 11) is 1.35. The van der Waals surface area contributed by atoms with E-state index in [1.54, 1.807) is 6.92 Å². The molecule has 3 unspecified atom stereocenters. The molecule has 2 rings (SSSR count). The van der Waals surface area contributed by atoms with Gasteiger partial charge in [-0.2, -0.15) is 0 Å². The van der Waals surface area contributed by atoms with Crippen LogP contribution in [0.4, 0.5) is 4.39 Å². The van der Waals surface area contributed by atoms with Gasteiger partial charge in [0.15, 0.2) is 24.1 Å². The fraction of sp³-hybridized carbons (Fsp3) is 0.526. The third-order valence-electron chi connectivity index (χ3n) is 4.63. The van der Waals surface area contributed by atoms with Gasteiger partial charge in [-0.3, -0.25) is 4.79 Å². The smallest absolute Gasteiger partial charge is 0.185 e. The first-order valence-corrected chi connectivity index (χ1v) is 8.58. The van der Waals surface area contributed by atoms with E-state index in [9.17, 15) is 19.4 Å². The van der Waals surface area contributed by atoms with E-state index in [1.807, 2.05) is 0 Å². The second-order valence-corrected chi connectivity index (χ2v) is 6.59. The van der Waals surface area contributed by atoms with Gasteiger partial charge in [-0.1, -0.05) is 0 Å². The van der Waals surface area contributed by atoms with E-state index in [-0.39, 0.29) is 29.1 Å². The Morgan fingerprint density at radius 2 is 2.08 bits per heavy atom. The summed E-state index contributed by atoms with van der Waals surface area (Å²) >= 11 is 0. The predicted molar refractivity (Wildman–Crippen MR) is 92.1 cm³/mol. The van der Waals surface area contributed by atoms with Gasteiger partial charge in [-0.25, -0.2) is 4.39 Å². The first-order valence-electron chi connectivity index (χ1n) is 8.58. The molecule has 0 aromatic heterocycles. The molecule has 0 saturated carbocycles. The molecule has 0 aliphatic heterocycles. The molecule has 7 heteroatoms. The van der Waals surface area contributed by atoms with Crippen LogP contribution in [0.15, 0.2) is 24.0 Å². The van der Waals surface area contributed by atoms with Gasteiger partial charge in [0.05, 0.1) is 13.2 Å². The van der Waals surface area contributed by atoms with Gasteiger partial charge < -0.3 is 24.8 Å². The quantitative estimate of drug-likeness (QED) is 0.610. The molecule has 6 nitrogen and oxygen atoms in total. The van der Waals surface area contributed by atoms with Crippen LogP contribution in [0.3, 0.4) is 0 Å². The summed E-state index contributed by atoms with van der Waals surface area (Å²) in [5.74, 6) is -0.850. The van der Waals surface area contributed by atoms with Gasteiger partial charge in [0.1, 0.15) is 11.6 Å². The minimum absolute atomic E-state index is 0.0655. The van der Waals surface area contributed by atoms with E-state index in [1.165, 1.54) is 19.3 Å². The summed E-state index contributed by atoms with van der Waals surface area (Å²) < 4.78 is 24.2. The average Bonchev–Trinajstić information content (AvgIpc) is 2.58. The van der Waals surface area contributed by atoms with E-state index < -0.39 is 18.7 Å². The van der Waals surface area contributed by atoms with Crippen molar-refractivity contribution in [2.45, 2.75) is 38.7 Å². The number of ether oxygens (including phenoxy) is 2. The normalized spacial score (nSPS) is 21.3. The molecule has 0 spiro atoms. The molecule has 1 aromatic rings. The molecular weight excluding hydrogens is 343 g/mol. The standard InChI is InChI=1S/C19H25FO6/c1-11(22)5-14-6-13(18(26-10-21)9-16(14)23)4-3-12-7-17(24)19(25-2)8-15(12)20/h7-9,11,13-14,21-22,24H,3-6,10H2,1-2H3. The van der Waals surface area contributed by atoms with Crippen LogP contribution in [0.2, 0.25) is 0 Å². The number of ketones is 1. The number of rotatable bonds is 8. The topological polar surface area (TPSA) is 96.2 Å². The second-order valence-electron chi connectivity index (χ2n) is 6.59. The number of phenolic OH excluding ortho intramolecular Hbond substituents is 1. The lowest BCUT2D eigenvalue weighted by atomic mass is 9.79. The first-order chi connectivity index (χ1) is 12.3. The Morgan fingerprint density at radius 3 is 2.69 bits per heavy atom. The molecular formula is C19H25FO6. The van der Waals surface area contributed by atoms with Crippen LogP contribution in [0, 0.1) is 17.7 Å². The van der Waals surface area contributed by atoms with Crippen LogP contribution in [-0.4, -0.2) is 41.1 Å². The highest BCUT2D eigenvalue weighted by Crippen LogP contribution is 2.35. The number of hydrogen-bond acceptors (Lipinski definition) is 6. The van der Waals surface area contributed by atoms with Crippen LogP contribution in [0.1, 0.15) is 31.7 Å². The number of aliphatic hydroxyl groups excluding tert-OH is 2. The Balaban J connectivity index is 2.14. The minimum atomic E-state index is -0.603. The molecule has 0 amide bonds. The highest BCUT2D eigenvalue weighted by molar-refractivity contribution is 5.93. The van der Waals surface area contributed by atoms with E-state index in [0.29, 0.717) is 37.0 Å². The molecule has 0 heterocycles. The van der Waals surface area contributed by atoms with E-state index in [4.69, 9.17) is 14.6 Å². The highest BCUT2D eigenvalue weighted by Gasteiger charge is 2.31. The van der Waals surface area contributed by atoms with Gasteiger partial charge in [0.25, 0.3) is 0 Å². The van der Waals surface area contributed by atoms with Crippen LogP contribution in [0.25, 0.3) is 0 Å². The molecule has 3 atom stereocenters. The van der Waals surface area contributed by atoms with E-state index >= 15 is 0 Å². The molecule has 1 aliphatic rings. The molecule has 0 fully saturated rings. The summed E-state index contributed by atoms with van der Waals surface area (Å²) in [5.41, 5.74) is 0.329. The summed E-state index contributed by atoms with van der Waals surface area (Å²) in [6.45, 7) is 1.08. The molecule has 0 saturated heterocycles. The summed E-state index contributed by atoms with van der Waals surface area (Å²) in [4.78, 5) is 12.1. The largest absolute Gasteiger partial charge is 0.504 e. The van der Waals surface area contributed by atoms with Gasteiger partial charge >= 0.3 is 0 Å². The van der Waals surface area contributed by atoms with Crippen LogP contribution < -0.4 is 4.74 Å². The van der Waals surface area contributed by atoms with Gasteiger partial charge in [0.2, 0.25) is 0 Å². The third-order valence-corrected chi connectivity index (χ3v) is 4.63. The Labute approximate surface area is 151 Å². The number of aromatic hydroxyl groups is 1. The molecule has 3 N–H and O–H groups in total. The van der Waals surface area contributed by atoms with Gasteiger partial charge in [-0.15, -0.1) is 0 Å². The summed E-state index contributed by atoms with van der Waals surface area (Å²) in [6.07, 6.45) is 2.34. The molecule has 26 heavy (non-hydrogen) atoms. The lowest BCUT2D eigenvalue weighted by molar-refractivity contribution is -0.121. The van der Waals surface area contributed by atoms with Gasteiger partial charge in [-0.05, 0) is 44.2 Å². The molecule has 1 aromatic carbocycles. The fourth-order valence-electron chi connectivity index (χ4n) is 3.34. The Kier molecular flexibility index (Phi) is 6.99. The number of halogens is 1. The Morgan fingerprint density at radius 1 is 1.35 bits per heavy atom. The third kappa shape index (κ3) is 4.95. The first kappa shape index (κ1) is 20.2. The number of aryl methyl sites for hydroxylation is 1. The maximum Gasteiger partial charge on any atom is 0.185 e. The molecule has 1 aliphatic carbocycles. The van der Waals surface area contributed by atoms with Crippen LogP contribution in [0.5, 0.6) is 11.5 Å². The number of allylic oxidation sites excluding steroid dienone is 2. The van der Waals surface area contributed by atoms with Crippen molar-refractivity contribution in [1.29, 1.82) is 0 Å². The number of carbonyl (C=O) groups is 1. The SMILES string of the molecule is COc1cc(F)c(CCC2CC(CC(C)O)C(=O)C=C2OCO)cc1O. The van der Waals surface area contributed by atoms with Crippen molar-refractivity contribution in [3.63, 3.8) is 0 Å². The second kappa shape index (κ2) is 9.00. The van der Waals surface area contributed by atoms with Crippen molar-refractivity contribution < 1.29 is 34.0 Å². The van der Waals surface area contributed by atoms with Crippen molar-refractivity contribution in [2.75, 3.05) is 13.9 Å². The lowest BCUT2D eigenvalue weighted by Crippen LogP contribution is -2.28. The number of aliphatic hydroxyl groups is 2. The zero-order chi connectivity index (χ0) is 19.3. The van der Waals surface area contributed by atoms with Gasteiger partial charge in [0, 0.05) is 24.0 Å². The maximum atomic E-state index is 14.2. The van der Waals surface area contributed by atoms with Crippen LogP contribution in [-0.2, 0) is 16.0 Å². The van der Waals surface area contributed by atoms with Crippen molar-refractivity contribution in [3.05, 3.63) is 35.3 Å². The Bertz CT molecular complexity index is 670. The minimum Gasteiger partial charge on any atom is -0.504 e. The van der Waals surface area contributed by atoms with Crippen molar-refractivity contribution in [2.24, 2.45) is 11.8 Å². The summed E-state index contributed by atoms with van der Waals surface area (Å²) in [5, 5.41) is 28.4. The monoisotopic (exact) mass is 368 g/mol. The van der Waals surface area contributed by atoms with Crippen LogP contribution >= 0.6 is 0 Å². The number of phenols is 1. The number of hydrogen-bond donors (Lipinski definition) is 3. The van der Waals surface area contributed by atoms with Crippen molar-refractivity contribution in [1.82, 2.24) is 0 Å². The molecule has 0 radical (unpaired) electrons. The molecule has 144 valence electrons. The lowest BCUT2D eigenvalue weighted by Gasteiger charge is -2.29. The molecule has 0 bridgehead atoms. The number of methoxy groups -OCH3 is 1. The Hall–Kier alpha value is -2.12.